The number of carboxylic acid groups (broad SMARTS) is 1. The molecule has 6 nitrogen and oxygen atoms in total. The molecule has 1 aliphatic heterocycles. The molecule has 1 saturated heterocycles. The minimum Gasteiger partial charge on any atom is -0.481 e. The molecule has 0 unspecified atom stereocenters. The third-order valence-corrected chi connectivity index (χ3v) is 4.55. The molecule has 2 N–H and O–H groups in total. The Kier molecular flexibility index (Phi) is 5.97. The second-order valence-corrected chi connectivity index (χ2v) is 6.23. The van der Waals surface area contributed by atoms with Crippen LogP contribution in [0.4, 0.5) is 0 Å². The van der Waals surface area contributed by atoms with Crippen LogP contribution in [0, 0.1) is 5.41 Å². The predicted octanol–water partition coefficient (Wildman–Crippen LogP) is 2.07. The predicted molar refractivity (Wildman–Crippen MR) is 83.7 cm³/mol. The minimum atomic E-state index is -0.674. The second kappa shape index (κ2) is 7.74. The monoisotopic (exact) mass is 309 g/mol. The van der Waals surface area contributed by atoms with E-state index in [0.717, 1.165) is 50.2 Å². The van der Waals surface area contributed by atoms with Crippen molar-refractivity contribution in [3.63, 3.8) is 0 Å². The van der Waals surface area contributed by atoms with Crippen LogP contribution < -0.4 is 0 Å². The number of aryl methyl sites for hydroxylation is 1. The molecular weight excluding hydrogens is 282 g/mol. The van der Waals surface area contributed by atoms with Gasteiger partial charge in [0.1, 0.15) is 0 Å². The SMILES string of the molecule is CCc1cc(CN2CCC[C@](CCCOC)(C(=O)O)C2)[nH]n1. The number of rotatable bonds is 8. The highest BCUT2D eigenvalue weighted by molar-refractivity contribution is 5.75. The van der Waals surface area contributed by atoms with Crippen LogP contribution in [-0.2, 0) is 22.5 Å². The molecule has 1 aromatic rings. The van der Waals surface area contributed by atoms with Crippen LogP contribution in [0.25, 0.3) is 0 Å². The average molecular weight is 309 g/mol. The largest absolute Gasteiger partial charge is 0.481 e. The Balaban J connectivity index is 1.99. The van der Waals surface area contributed by atoms with Crippen molar-refractivity contribution < 1.29 is 14.6 Å². The van der Waals surface area contributed by atoms with Crippen LogP contribution in [0.2, 0.25) is 0 Å². The first kappa shape index (κ1) is 17.0. The van der Waals surface area contributed by atoms with Crippen molar-refractivity contribution in [2.45, 2.75) is 45.6 Å². The molecule has 124 valence electrons. The van der Waals surface area contributed by atoms with Crippen LogP contribution in [0.15, 0.2) is 6.07 Å². The smallest absolute Gasteiger partial charge is 0.310 e. The van der Waals surface area contributed by atoms with Gasteiger partial charge in [0.05, 0.1) is 11.1 Å². The molecule has 1 aromatic heterocycles. The maximum atomic E-state index is 11.8. The van der Waals surface area contributed by atoms with Crippen molar-refractivity contribution in [2.75, 3.05) is 26.8 Å². The molecule has 2 rings (SSSR count). The fourth-order valence-electron chi connectivity index (χ4n) is 3.31. The van der Waals surface area contributed by atoms with Gasteiger partial charge in [-0.2, -0.15) is 5.10 Å². The number of aromatic nitrogens is 2. The van der Waals surface area contributed by atoms with Gasteiger partial charge in [0, 0.05) is 32.5 Å². The molecule has 0 radical (unpaired) electrons. The molecule has 0 aromatic carbocycles. The Bertz CT molecular complexity index is 489. The van der Waals surface area contributed by atoms with E-state index < -0.39 is 11.4 Å². The molecule has 0 aliphatic carbocycles. The summed E-state index contributed by atoms with van der Waals surface area (Å²) in [7, 11) is 1.66. The zero-order valence-electron chi connectivity index (χ0n) is 13.6. The number of methoxy groups -OCH3 is 1. The normalized spacial score (nSPS) is 22.8. The fourth-order valence-corrected chi connectivity index (χ4v) is 3.31. The van der Waals surface area contributed by atoms with Crippen molar-refractivity contribution in [3.05, 3.63) is 17.5 Å². The van der Waals surface area contributed by atoms with E-state index >= 15 is 0 Å². The summed E-state index contributed by atoms with van der Waals surface area (Å²) >= 11 is 0. The number of carboxylic acids is 1. The van der Waals surface area contributed by atoms with Gasteiger partial charge in [0.15, 0.2) is 0 Å². The number of piperidine rings is 1. The Hall–Kier alpha value is -1.40. The number of aliphatic carboxylic acids is 1. The maximum Gasteiger partial charge on any atom is 0.310 e. The van der Waals surface area contributed by atoms with Gasteiger partial charge in [-0.05, 0) is 44.7 Å². The molecule has 6 heteroatoms. The highest BCUT2D eigenvalue weighted by atomic mass is 16.5. The molecule has 0 bridgehead atoms. The lowest BCUT2D eigenvalue weighted by atomic mass is 9.76. The zero-order valence-corrected chi connectivity index (χ0v) is 13.6. The Labute approximate surface area is 131 Å². The number of hydrogen-bond acceptors (Lipinski definition) is 4. The Morgan fingerprint density at radius 2 is 2.41 bits per heavy atom. The lowest BCUT2D eigenvalue weighted by Crippen LogP contribution is -2.47. The molecule has 22 heavy (non-hydrogen) atoms. The van der Waals surface area contributed by atoms with Gasteiger partial charge in [0.25, 0.3) is 0 Å². The van der Waals surface area contributed by atoms with Crippen molar-refractivity contribution in [2.24, 2.45) is 5.41 Å². The molecular formula is C16H27N3O3. The summed E-state index contributed by atoms with van der Waals surface area (Å²) in [6.45, 7) is 4.99. The first-order valence-corrected chi connectivity index (χ1v) is 8.07. The van der Waals surface area contributed by atoms with E-state index in [1.54, 1.807) is 7.11 Å². The summed E-state index contributed by atoms with van der Waals surface area (Å²) in [6.07, 6.45) is 4.06. The number of nitrogens with zero attached hydrogens (tertiary/aromatic N) is 2. The topological polar surface area (TPSA) is 78.5 Å². The number of carbonyl (C=O) groups is 1. The van der Waals surface area contributed by atoms with Crippen molar-refractivity contribution in [3.8, 4) is 0 Å². The van der Waals surface area contributed by atoms with E-state index in [2.05, 4.69) is 28.1 Å². The van der Waals surface area contributed by atoms with E-state index in [0.29, 0.717) is 19.6 Å². The van der Waals surface area contributed by atoms with Gasteiger partial charge in [-0.25, -0.2) is 0 Å². The van der Waals surface area contributed by atoms with Crippen LogP contribution in [-0.4, -0.2) is 53.0 Å². The summed E-state index contributed by atoms with van der Waals surface area (Å²) in [4.78, 5) is 14.1. The molecule has 2 heterocycles. The van der Waals surface area contributed by atoms with E-state index in [9.17, 15) is 9.90 Å². The van der Waals surface area contributed by atoms with Crippen molar-refractivity contribution in [1.29, 1.82) is 0 Å². The van der Waals surface area contributed by atoms with Gasteiger partial charge in [-0.1, -0.05) is 6.92 Å². The zero-order chi connectivity index (χ0) is 16.0. The molecule has 0 saturated carbocycles. The van der Waals surface area contributed by atoms with Crippen LogP contribution >= 0.6 is 0 Å². The van der Waals surface area contributed by atoms with E-state index in [1.807, 2.05) is 0 Å². The number of ether oxygens (including phenoxy) is 1. The minimum absolute atomic E-state index is 0.604. The number of likely N-dealkylation sites (tertiary alicyclic amines) is 1. The Morgan fingerprint density at radius 1 is 1.59 bits per heavy atom. The summed E-state index contributed by atoms with van der Waals surface area (Å²) in [5.74, 6) is -0.674. The van der Waals surface area contributed by atoms with E-state index in [1.165, 1.54) is 0 Å². The number of H-pyrrole nitrogens is 1. The second-order valence-electron chi connectivity index (χ2n) is 6.23. The van der Waals surface area contributed by atoms with Gasteiger partial charge in [0.2, 0.25) is 0 Å². The maximum absolute atomic E-state index is 11.8. The Morgan fingerprint density at radius 3 is 3.05 bits per heavy atom. The average Bonchev–Trinajstić information content (AvgIpc) is 2.95. The highest BCUT2D eigenvalue weighted by Gasteiger charge is 2.41. The van der Waals surface area contributed by atoms with Crippen LogP contribution in [0.5, 0.6) is 0 Å². The third-order valence-electron chi connectivity index (χ3n) is 4.55. The van der Waals surface area contributed by atoms with Gasteiger partial charge >= 0.3 is 5.97 Å². The first-order chi connectivity index (χ1) is 10.6. The number of nitrogens with one attached hydrogen (secondary N) is 1. The molecule has 0 amide bonds. The molecule has 0 spiro atoms. The number of aromatic amines is 1. The standard InChI is InChI=1S/C16H27N3O3/c1-3-13-10-14(18-17-13)11-19-8-4-6-16(12-19,15(20)21)7-5-9-22-2/h10H,3-9,11-12H2,1-2H3,(H,17,18)(H,20,21)/t16-/m1/s1. The molecule has 1 atom stereocenters. The van der Waals surface area contributed by atoms with E-state index in [4.69, 9.17) is 4.74 Å². The summed E-state index contributed by atoms with van der Waals surface area (Å²) < 4.78 is 5.08. The molecule has 1 aliphatic rings. The highest BCUT2D eigenvalue weighted by Crippen LogP contribution is 2.35. The van der Waals surface area contributed by atoms with Gasteiger partial charge < -0.3 is 9.84 Å². The summed E-state index contributed by atoms with van der Waals surface area (Å²) in [5, 5.41) is 17.0. The first-order valence-electron chi connectivity index (χ1n) is 8.07. The van der Waals surface area contributed by atoms with E-state index in [-0.39, 0.29) is 0 Å². The third kappa shape index (κ3) is 4.08. The fraction of sp³-hybridized carbons (Fsp3) is 0.750. The van der Waals surface area contributed by atoms with Crippen molar-refractivity contribution in [1.82, 2.24) is 15.1 Å². The lowest BCUT2D eigenvalue weighted by molar-refractivity contribution is -0.153. The molecule has 1 fully saturated rings. The summed E-state index contributed by atoms with van der Waals surface area (Å²) in [5.41, 5.74) is 1.48. The lowest BCUT2D eigenvalue weighted by Gasteiger charge is -2.39. The number of hydrogen-bond donors (Lipinski definition) is 2. The van der Waals surface area contributed by atoms with Crippen molar-refractivity contribution >= 4 is 5.97 Å². The summed E-state index contributed by atoms with van der Waals surface area (Å²) in [6, 6.07) is 2.07. The quantitative estimate of drug-likeness (QED) is 0.719. The van der Waals surface area contributed by atoms with Gasteiger partial charge in [-0.3, -0.25) is 14.8 Å². The van der Waals surface area contributed by atoms with Crippen LogP contribution in [0.3, 0.4) is 0 Å². The van der Waals surface area contributed by atoms with Gasteiger partial charge in [-0.15, -0.1) is 0 Å². The van der Waals surface area contributed by atoms with Crippen LogP contribution in [0.1, 0.15) is 44.0 Å².